The van der Waals surface area contributed by atoms with Crippen LogP contribution in [0.1, 0.15) is 50.7 Å². The predicted molar refractivity (Wildman–Crippen MR) is 124 cm³/mol. The Morgan fingerprint density at radius 3 is 2.23 bits per heavy atom. The number of carboxylic acid groups (broad SMARTS) is 1. The summed E-state index contributed by atoms with van der Waals surface area (Å²) in [5.41, 5.74) is 3.36. The molecule has 1 aliphatic carbocycles. The second kappa shape index (κ2) is 8.58. The summed E-state index contributed by atoms with van der Waals surface area (Å²) in [4.78, 5) is 27.3. The lowest BCUT2D eigenvalue weighted by atomic mass is 9.86. The van der Waals surface area contributed by atoms with Crippen LogP contribution in [0.5, 0.6) is 0 Å². The minimum Gasteiger partial charge on any atom is -0.479 e. The maximum atomic E-state index is 13.4. The molecule has 0 spiro atoms. The van der Waals surface area contributed by atoms with E-state index in [2.05, 4.69) is 24.3 Å². The minimum atomic E-state index is -1.25. The summed E-state index contributed by atoms with van der Waals surface area (Å²) < 4.78 is 5.85. The fraction of sp³-hybridized carbons (Fsp3) is 0.440. The normalized spacial score (nSPS) is 22.6. The molecule has 31 heavy (non-hydrogen) atoms. The topological polar surface area (TPSA) is 66.8 Å². The Morgan fingerprint density at radius 2 is 1.71 bits per heavy atom. The molecule has 0 bridgehead atoms. The zero-order valence-corrected chi connectivity index (χ0v) is 19.0. The number of ether oxygens (including phenoxy) is 1. The summed E-state index contributed by atoms with van der Waals surface area (Å²) in [5, 5.41) is 10.00. The number of hydrogen-bond donors (Lipinski definition) is 1. The van der Waals surface area contributed by atoms with Gasteiger partial charge in [0, 0.05) is 17.2 Å². The van der Waals surface area contributed by atoms with E-state index in [4.69, 9.17) is 4.74 Å². The number of carboxylic acids is 1. The van der Waals surface area contributed by atoms with Gasteiger partial charge in [0.15, 0.2) is 5.54 Å². The maximum Gasteiger partial charge on any atom is 0.411 e. The first-order valence-electron chi connectivity index (χ1n) is 10.9. The summed E-state index contributed by atoms with van der Waals surface area (Å²) in [6.07, 6.45) is 0.661. The van der Waals surface area contributed by atoms with Crippen LogP contribution in [0.4, 0.5) is 4.79 Å². The molecule has 1 saturated heterocycles. The highest BCUT2D eigenvalue weighted by atomic mass is 32.2. The van der Waals surface area contributed by atoms with Crippen molar-refractivity contribution in [3.05, 3.63) is 59.7 Å². The van der Waals surface area contributed by atoms with Gasteiger partial charge in [0.25, 0.3) is 0 Å². The highest BCUT2D eigenvalue weighted by molar-refractivity contribution is 8.00. The number of nitrogens with zero attached hydrogens (tertiary/aromatic N) is 1. The van der Waals surface area contributed by atoms with Gasteiger partial charge in [-0.25, -0.2) is 9.59 Å². The van der Waals surface area contributed by atoms with E-state index < -0.39 is 17.6 Å². The molecule has 2 atom stereocenters. The molecule has 2 aromatic carbocycles. The van der Waals surface area contributed by atoms with Crippen LogP contribution in [0, 0.1) is 0 Å². The number of aliphatic carboxylic acids is 1. The van der Waals surface area contributed by atoms with Crippen molar-refractivity contribution in [2.45, 2.75) is 56.4 Å². The molecule has 5 nitrogen and oxygen atoms in total. The van der Waals surface area contributed by atoms with Crippen molar-refractivity contribution in [3.8, 4) is 11.1 Å². The fourth-order valence-corrected chi connectivity index (χ4v) is 6.41. The molecule has 1 aliphatic heterocycles. The third-order valence-corrected chi connectivity index (χ3v) is 8.01. The molecule has 1 heterocycles. The van der Waals surface area contributed by atoms with Gasteiger partial charge in [-0.1, -0.05) is 55.5 Å². The Morgan fingerprint density at radius 1 is 1.13 bits per heavy atom. The third kappa shape index (κ3) is 3.61. The van der Waals surface area contributed by atoms with E-state index in [0.29, 0.717) is 6.42 Å². The molecule has 0 aromatic heterocycles. The molecular weight excluding hydrogens is 410 g/mol. The van der Waals surface area contributed by atoms with E-state index in [1.54, 1.807) is 11.8 Å². The second-order valence-corrected chi connectivity index (χ2v) is 10.1. The van der Waals surface area contributed by atoms with Gasteiger partial charge in [-0.15, -0.1) is 0 Å². The average molecular weight is 440 g/mol. The van der Waals surface area contributed by atoms with Gasteiger partial charge in [0.05, 0.1) is 0 Å². The van der Waals surface area contributed by atoms with Crippen LogP contribution in [-0.2, 0) is 9.53 Å². The average Bonchev–Trinajstić information content (AvgIpc) is 3.07. The van der Waals surface area contributed by atoms with E-state index in [-0.39, 0.29) is 23.8 Å². The first-order valence-corrected chi connectivity index (χ1v) is 11.9. The summed E-state index contributed by atoms with van der Waals surface area (Å²) in [6, 6.07) is 16.1. The van der Waals surface area contributed by atoms with Crippen molar-refractivity contribution in [3.63, 3.8) is 0 Å². The minimum absolute atomic E-state index is 0.0516. The Bertz CT molecular complexity index is 945. The Labute approximate surface area is 187 Å². The highest BCUT2D eigenvalue weighted by Gasteiger charge is 2.54. The third-order valence-electron chi connectivity index (χ3n) is 6.59. The van der Waals surface area contributed by atoms with Crippen LogP contribution in [0.2, 0.25) is 0 Å². The zero-order chi connectivity index (χ0) is 22.2. The molecule has 2 unspecified atom stereocenters. The standard InChI is InChI=1S/C25H29NO4S/c1-16(2)26(25(23(27)28)13-8-14-31-17(25)3)24(29)30-15-22-20-11-6-4-9-18(20)19-10-5-7-12-21(19)22/h4-7,9-12,16-17,22H,8,13-15H2,1-3H3,(H,27,28). The number of amides is 1. The van der Waals surface area contributed by atoms with E-state index >= 15 is 0 Å². The van der Waals surface area contributed by atoms with Gasteiger partial charge in [-0.2, -0.15) is 11.8 Å². The summed E-state index contributed by atoms with van der Waals surface area (Å²) in [6.45, 7) is 5.81. The van der Waals surface area contributed by atoms with Crippen molar-refractivity contribution >= 4 is 23.8 Å². The monoisotopic (exact) mass is 439 g/mol. The number of fused-ring (bicyclic) bond motifs is 3. The second-order valence-electron chi connectivity index (χ2n) is 8.61. The van der Waals surface area contributed by atoms with Crippen LogP contribution < -0.4 is 0 Å². The summed E-state index contributed by atoms with van der Waals surface area (Å²) >= 11 is 1.61. The number of hydrogen-bond acceptors (Lipinski definition) is 4. The van der Waals surface area contributed by atoms with Crippen LogP contribution >= 0.6 is 11.8 Å². The van der Waals surface area contributed by atoms with Crippen molar-refractivity contribution in [1.29, 1.82) is 0 Å². The molecule has 2 aliphatic rings. The SMILES string of the molecule is CC(C)N(C(=O)OCC1c2ccccc2-c2ccccc21)C1(C(=O)O)CCCSC1C. The molecule has 1 N–H and O–H groups in total. The number of carbonyl (C=O) groups excluding carboxylic acids is 1. The lowest BCUT2D eigenvalue weighted by molar-refractivity contribution is -0.152. The Balaban J connectivity index is 1.61. The molecule has 4 rings (SSSR count). The van der Waals surface area contributed by atoms with Crippen molar-refractivity contribution in [2.75, 3.05) is 12.4 Å². The Kier molecular flexibility index (Phi) is 6.02. The maximum absolute atomic E-state index is 13.4. The van der Waals surface area contributed by atoms with E-state index in [0.717, 1.165) is 23.3 Å². The highest BCUT2D eigenvalue weighted by Crippen LogP contribution is 2.45. The quantitative estimate of drug-likeness (QED) is 0.677. The van der Waals surface area contributed by atoms with Crippen molar-refractivity contribution in [1.82, 2.24) is 4.90 Å². The molecule has 1 fully saturated rings. The molecular formula is C25H29NO4S. The zero-order valence-electron chi connectivity index (χ0n) is 18.2. The largest absolute Gasteiger partial charge is 0.479 e. The van der Waals surface area contributed by atoms with Gasteiger partial charge in [-0.3, -0.25) is 4.90 Å². The van der Waals surface area contributed by atoms with Gasteiger partial charge < -0.3 is 9.84 Å². The van der Waals surface area contributed by atoms with Crippen LogP contribution in [-0.4, -0.2) is 51.3 Å². The van der Waals surface area contributed by atoms with Gasteiger partial charge in [0.2, 0.25) is 0 Å². The molecule has 0 radical (unpaired) electrons. The lowest BCUT2D eigenvalue weighted by Crippen LogP contribution is -2.65. The van der Waals surface area contributed by atoms with Crippen LogP contribution in [0.25, 0.3) is 11.1 Å². The smallest absolute Gasteiger partial charge is 0.411 e. The summed E-state index contributed by atoms with van der Waals surface area (Å²) in [5.74, 6) is -0.0917. The first-order chi connectivity index (χ1) is 14.9. The van der Waals surface area contributed by atoms with Crippen molar-refractivity contribution in [2.24, 2.45) is 0 Å². The molecule has 1 amide bonds. The van der Waals surface area contributed by atoms with Crippen LogP contribution in [0.15, 0.2) is 48.5 Å². The number of benzene rings is 2. The molecule has 6 heteroatoms. The Hall–Kier alpha value is -2.47. The fourth-order valence-electron chi connectivity index (χ4n) is 5.14. The van der Waals surface area contributed by atoms with Gasteiger partial charge in [0.1, 0.15) is 6.61 Å². The van der Waals surface area contributed by atoms with E-state index in [1.165, 1.54) is 16.0 Å². The summed E-state index contributed by atoms with van der Waals surface area (Å²) in [7, 11) is 0. The van der Waals surface area contributed by atoms with Gasteiger partial charge in [-0.05, 0) is 54.7 Å². The first kappa shape index (κ1) is 21.8. The van der Waals surface area contributed by atoms with Gasteiger partial charge >= 0.3 is 12.1 Å². The number of rotatable bonds is 5. The molecule has 2 aromatic rings. The molecule has 164 valence electrons. The predicted octanol–water partition coefficient (Wildman–Crippen LogP) is 5.38. The van der Waals surface area contributed by atoms with Crippen LogP contribution in [0.3, 0.4) is 0 Å². The molecule has 0 saturated carbocycles. The van der Waals surface area contributed by atoms with E-state index in [9.17, 15) is 14.7 Å². The number of carbonyl (C=O) groups is 2. The number of thioether (sulfide) groups is 1. The lowest BCUT2D eigenvalue weighted by Gasteiger charge is -2.47. The van der Waals surface area contributed by atoms with Crippen molar-refractivity contribution < 1.29 is 19.4 Å². The van der Waals surface area contributed by atoms with E-state index in [1.807, 2.05) is 45.0 Å².